The van der Waals surface area contributed by atoms with Gasteiger partial charge in [-0.1, -0.05) is 35.8 Å². The van der Waals surface area contributed by atoms with Crippen LogP contribution < -0.4 is 0 Å². The van der Waals surface area contributed by atoms with Crippen LogP contribution in [0, 0.1) is 24.6 Å². The number of alkyl halides is 1. The van der Waals surface area contributed by atoms with Crippen molar-refractivity contribution in [2.24, 2.45) is 11.8 Å². The predicted octanol–water partition coefficient (Wildman–Crippen LogP) is 4.34. The van der Waals surface area contributed by atoms with E-state index in [2.05, 4.69) is 29.8 Å². The molecule has 0 fully saturated rings. The van der Waals surface area contributed by atoms with Gasteiger partial charge in [-0.15, -0.1) is 0 Å². The molecule has 0 amide bonds. The Balaban J connectivity index is 2.82. The Morgan fingerprint density at radius 1 is 1.33 bits per heavy atom. The highest BCUT2D eigenvalue weighted by Gasteiger charge is 2.14. The van der Waals surface area contributed by atoms with E-state index in [0.717, 1.165) is 17.3 Å². The molecule has 15 heavy (non-hydrogen) atoms. The van der Waals surface area contributed by atoms with Gasteiger partial charge in [-0.2, -0.15) is 0 Å². The smallest absolute Gasteiger partial charge is 0.123 e. The zero-order chi connectivity index (χ0) is 11.4. The first kappa shape index (κ1) is 12.7. The van der Waals surface area contributed by atoms with Crippen molar-refractivity contribution in [2.45, 2.75) is 27.2 Å². The Labute approximate surface area is 100 Å². The van der Waals surface area contributed by atoms with Gasteiger partial charge in [0.25, 0.3) is 0 Å². The highest BCUT2D eigenvalue weighted by atomic mass is 79.9. The molecule has 0 saturated carbocycles. The summed E-state index contributed by atoms with van der Waals surface area (Å²) in [6.45, 7) is 6.46. The minimum atomic E-state index is -0.132. The van der Waals surface area contributed by atoms with Gasteiger partial charge in [0.1, 0.15) is 5.82 Å². The molecule has 0 heterocycles. The van der Waals surface area contributed by atoms with Crippen LogP contribution >= 0.6 is 15.9 Å². The van der Waals surface area contributed by atoms with E-state index in [4.69, 9.17) is 0 Å². The van der Waals surface area contributed by atoms with Crippen molar-refractivity contribution in [1.29, 1.82) is 0 Å². The molecule has 0 bridgehead atoms. The second-order valence-electron chi connectivity index (χ2n) is 4.43. The van der Waals surface area contributed by atoms with Crippen LogP contribution in [0.4, 0.5) is 4.39 Å². The Hall–Kier alpha value is -0.370. The zero-order valence-corrected chi connectivity index (χ0v) is 11.1. The van der Waals surface area contributed by atoms with Crippen LogP contribution in [0.5, 0.6) is 0 Å². The van der Waals surface area contributed by atoms with Crippen LogP contribution in [0.1, 0.15) is 25.0 Å². The van der Waals surface area contributed by atoms with Crippen LogP contribution in [0.3, 0.4) is 0 Å². The predicted molar refractivity (Wildman–Crippen MR) is 67.0 cm³/mol. The molecule has 0 aliphatic heterocycles. The summed E-state index contributed by atoms with van der Waals surface area (Å²) in [5, 5.41) is 0.973. The summed E-state index contributed by atoms with van der Waals surface area (Å²) >= 11 is 3.52. The van der Waals surface area contributed by atoms with Crippen LogP contribution in [-0.2, 0) is 6.42 Å². The van der Waals surface area contributed by atoms with Crippen LogP contribution in [0.2, 0.25) is 0 Å². The highest BCUT2D eigenvalue weighted by Crippen LogP contribution is 2.22. The minimum Gasteiger partial charge on any atom is -0.207 e. The van der Waals surface area contributed by atoms with Gasteiger partial charge in [-0.05, 0) is 48.4 Å². The standard InChI is InChI=1S/C13H18BrF/c1-9(2)12(8-14)6-11-7-13(15)5-4-10(11)3/h4-5,7,9,12H,6,8H2,1-3H3. The lowest BCUT2D eigenvalue weighted by Crippen LogP contribution is -2.14. The van der Waals surface area contributed by atoms with Crippen molar-refractivity contribution in [3.63, 3.8) is 0 Å². The summed E-state index contributed by atoms with van der Waals surface area (Å²) in [6.07, 6.45) is 0.951. The second-order valence-corrected chi connectivity index (χ2v) is 5.08. The molecule has 0 saturated heterocycles. The zero-order valence-electron chi connectivity index (χ0n) is 9.56. The summed E-state index contributed by atoms with van der Waals surface area (Å²) in [4.78, 5) is 0. The number of hydrogen-bond donors (Lipinski definition) is 0. The fourth-order valence-corrected chi connectivity index (χ4v) is 2.59. The first-order valence-electron chi connectivity index (χ1n) is 5.35. The number of aryl methyl sites for hydroxylation is 1. The lowest BCUT2D eigenvalue weighted by molar-refractivity contribution is 0.425. The molecule has 0 N–H and O–H groups in total. The van der Waals surface area contributed by atoms with Crippen molar-refractivity contribution in [3.05, 3.63) is 35.1 Å². The van der Waals surface area contributed by atoms with Gasteiger partial charge in [0.2, 0.25) is 0 Å². The van der Waals surface area contributed by atoms with E-state index in [1.54, 1.807) is 6.07 Å². The van der Waals surface area contributed by atoms with Gasteiger partial charge in [-0.3, -0.25) is 0 Å². The van der Waals surface area contributed by atoms with Gasteiger partial charge >= 0.3 is 0 Å². The molecule has 0 nitrogen and oxygen atoms in total. The third-order valence-electron chi connectivity index (χ3n) is 2.93. The number of hydrogen-bond acceptors (Lipinski definition) is 0. The average molecular weight is 273 g/mol. The molecular weight excluding hydrogens is 255 g/mol. The maximum atomic E-state index is 13.1. The Kier molecular flexibility index (Phi) is 4.78. The van der Waals surface area contributed by atoms with Gasteiger partial charge < -0.3 is 0 Å². The molecule has 1 atom stereocenters. The SMILES string of the molecule is Cc1ccc(F)cc1CC(CBr)C(C)C. The number of halogens is 2. The molecule has 1 aromatic carbocycles. The summed E-state index contributed by atoms with van der Waals surface area (Å²) in [5.74, 6) is 1.06. The Morgan fingerprint density at radius 2 is 2.00 bits per heavy atom. The van der Waals surface area contributed by atoms with E-state index < -0.39 is 0 Å². The number of benzene rings is 1. The molecule has 0 aromatic heterocycles. The van der Waals surface area contributed by atoms with Gasteiger partial charge in [0.05, 0.1) is 0 Å². The van der Waals surface area contributed by atoms with Crippen molar-refractivity contribution in [2.75, 3.05) is 5.33 Å². The molecule has 0 spiro atoms. The molecule has 2 heteroatoms. The minimum absolute atomic E-state index is 0.132. The van der Waals surface area contributed by atoms with Gasteiger partial charge in [0.15, 0.2) is 0 Å². The van der Waals surface area contributed by atoms with E-state index in [-0.39, 0.29) is 5.82 Å². The lowest BCUT2D eigenvalue weighted by Gasteiger charge is -2.19. The molecule has 0 aliphatic carbocycles. The van der Waals surface area contributed by atoms with Crippen molar-refractivity contribution < 1.29 is 4.39 Å². The summed E-state index contributed by atoms with van der Waals surface area (Å²) in [5.41, 5.74) is 2.32. The Bertz CT molecular complexity index is 320. The summed E-state index contributed by atoms with van der Waals surface area (Å²) in [6, 6.07) is 5.04. The largest absolute Gasteiger partial charge is 0.207 e. The molecule has 1 rings (SSSR count). The fourth-order valence-electron chi connectivity index (χ4n) is 1.61. The van der Waals surface area contributed by atoms with E-state index in [1.807, 2.05) is 13.0 Å². The fraction of sp³-hybridized carbons (Fsp3) is 0.538. The van der Waals surface area contributed by atoms with Crippen LogP contribution in [0.15, 0.2) is 18.2 Å². The third-order valence-corrected chi connectivity index (χ3v) is 3.77. The van der Waals surface area contributed by atoms with Crippen molar-refractivity contribution in [3.8, 4) is 0 Å². The second kappa shape index (κ2) is 5.64. The van der Waals surface area contributed by atoms with E-state index >= 15 is 0 Å². The Morgan fingerprint density at radius 3 is 2.53 bits per heavy atom. The molecule has 0 aliphatic rings. The van der Waals surface area contributed by atoms with Gasteiger partial charge in [-0.25, -0.2) is 4.39 Å². The molecule has 0 radical (unpaired) electrons. The number of rotatable bonds is 4. The van der Waals surface area contributed by atoms with Crippen LogP contribution in [0.25, 0.3) is 0 Å². The van der Waals surface area contributed by atoms with Crippen LogP contribution in [-0.4, -0.2) is 5.33 Å². The monoisotopic (exact) mass is 272 g/mol. The average Bonchev–Trinajstić information content (AvgIpc) is 2.18. The first-order chi connectivity index (χ1) is 7.04. The third kappa shape index (κ3) is 3.60. The van der Waals surface area contributed by atoms with E-state index in [9.17, 15) is 4.39 Å². The molecular formula is C13H18BrF. The molecule has 1 aromatic rings. The maximum absolute atomic E-state index is 13.1. The normalized spacial score (nSPS) is 13.2. The maximum Gasteiger partial charge on any atom is 0.123 e. The molecule has 1 unspecified atom stereocenters. The highest BCUT2D eigenvalue weighted by molar-refractivity contribution is 9.09. The van der Waals surface area contributed by atoms with Crippen molar-refractivity contribution in [1.82, 2.24) is 0 Å². The van der Waals surface area contributed by atoms with Crippen molar-refractivity contribution >= 4 is 15.9 Å². The summed E-state index contributed by atoms with van der Waals surface area (Å²) in [7, 11) is 0. The van der Waals surface area contributed by atoms with Gasteiger partial charge in [0, 0.05) is 5.33 Å². The summed E-state index contributed by atoms with van der Waals surface area (Å²) < 4.78 is 13.1. The van der Waals surface area contributed by atoms with E-state index in [0.29, 0.717) is 11.8 Å². The van der Waals surface area contributed by atoms with E-state index in [1.165, 1.54) is 11.6 Å². The quantitative estimate of drug-likeness (QED) is 0.716. The first-order valence-corrected chi connectivity index (χ1v) is 6.47. The molecule has 84 valence electrons. The lowest BCUT2D eigenvalue weighted by atomic mass is 9.89. The topological polar surface area (TPSA) is 0 Å².